The molecule has 2 aliphatic rings. The average Bonchev–Trinajstić information content (AvgIpc) is 3.04. The lowest BCUT2D eigenvalue weighted by molar-refractivity contribution is -0.152. The van der Waals surface area contributed by atoms with Crippen molar-refractivity contribution >= 4 is 5.97 Å². The third-order valence-electron chi connectivity index (χ3n) is 4.97. The summed E-state index contributed by atoms with van der Waals surface area (Å²) in [4.78, 5) is 16.4. The Bertz CT molecular complexity index is 586. The second-order valence-corrected chi connectivity index (χ2v) is 6.21. The van der Waals surface area contributed by atoms with Crippen molar-refractivity contribution in [3.8, 4) is 5.75 Å². The number of nitrogens with zero attached hydrogens (tertiary/aromatic N) is 1. The zero-order valence-corrected chi connectivity index (χ0v) is 12.7. The molecule has 3 heterocycles. The molecule has 0 spiro atoms. The van der Waals surface area contributed by atoms with Crippen LogP contribution < -0.4 is 4.74 Å². The Hall–Kier alpha value is -1.62. The number of ether oxygens (including phenoxy) is 2. The molecule has 3 atom stereocenters. The Morgan fingerprint density at radius 2 is 2.29 bits per heavy atom. The molecule has 0 amide bonds. The summed E-state index contributed by atoms with van der Waals surface area (Å²) in [5.74, 6) is 0.0278. The van der Waals surface area contributed by atoms with Crippen LogP contribution in [0.15, 0.2) is 6.20 Å². The first-order valence-corrected chi connectivity index (χ1v) is 7.36. The normalized spacial score (nSPS) is 30.6. The van der Waals surface area contributed by atoms with Crippen molar-refractivity contribution in [1.82, 2.24) is 4.98 Å². The van der Waals surface area contributed by atoms with Crippen LogP contribution in [0, 0.1) is 19.3 Å². The highest BCUT2D eigenvalue weighted by Crippen LogP contribution is 2.50. The van der Waals surface area contributed by atoms with Crippen molar-refractivity contribution < 1.29 is 19.4 Å². The van der Waals surface area contributed by atoms with Crippen LogP contribution in [0.2, 0.25) is 0 Å². The Balaban J connectivity index is 1.97. The second-order valence-electron chi connectivity index (χ2n) is 6.21. The van der Waals surface area contributed by atoms with Gasteiger partial charge in [-0.1, -0.05) is 0 Å². The highest BCUT2D eigenvalue weighted by atomic mass is 16.5. The lowest BCUT2D eigenvalue weighted by Crippen LogP contribution is -2.42. The molecule has 1 aromatic rings. The van der Waals surface area contributed by atoms with E-state index in [9.17, 15) is 9.90 Å². The first-order chi connectivity index (χ1) is 9.98. The fraction of sp³-hybridized carbons (Fsp3) is 0.625. The number of rotatable bonds is 4. The van der Waals surface area contributed by atoms with E-state index in [1.165, 1.54) is 0 Å². The summed E-state index contributed by atoms with van der Waals surface area (Å²) in [6.07, 6.45) is 4.47. The van der Waals surface area contributed by atoms with Gasteiger partial charge in [-0.3, -0.25) is 9.78 Å². The van der Waals surface area contributed by atoms with E-state index >= 15 is 0 Å². The van der Waals surface area contributed by atoms with Gasteiger partial charge in [0, 0.05) is 29.4 Å². The molecule has 3 unspecified atom stereocenters. The number of pyridine rings is 1. The summed E-state index contributed by atoms with van der Waals surface area (Å²) < 4.78 is 11.2. The number of methoxy groups -OCH3 is 1. The van der Waals surface area contributed by atoms with Crippen molar-refractivity contribution in [2.24, 2.45) is 5.41 Å². The standard InChI is InChI=1S/C16H21NO4/c1-9-8-17-12(10(2)14(9)20-3)7-16(15(18)19)6-11-4-5-13(16)21-11/h8,11,13H,4-7H2,1-3H3,(H,18,19). The SMILES string of the molecule is COc1c(C)cnc(CC2(C(=O)O)CC3CCC2O3)c1C. The fourth-order valence-electron chi connectivity index (χ4n) is 3.83. The lowest BCUT2D eigenvalue weighted by atomic mass is 9.70. The van der Waals surface area contributed by atoms with Crippen LogP contribution in [-0.4, -0.2) is 35.4 Å². The van der Waals surface area contributed by atoms with Gasteiger partial charge in [0.25, 0.3) is 0 Å². The number of carboxylic acid groups (broad SMARTS) is 1. The van der Waals surface area contributed by atoms with Crippen molar-refractivity contribution in [3.63, 3.8) is 0 Å². The highest BCUT2D eigenvalue weighted by molar-refractivity contribution is 5.77. The van der Waals surface area contributed by atoms with Crippen molar-refractivity contribution in [1.29, 1.82) is 0 Å². The second kappa shape index (κ2) is 4.98. The summed E-state index contributed by atoms with van der Waals surface area (Å²) in [6.45, 7) is 3.88. The molecule has 2 fully saturated rings. The molecule has 114 valence electrons. The van der Waals surface area contributed by atoms with Gasteiger partial charge in [-0.25, -0.2) is 0 Å². The smallest absolute Gasteiger partial charge is 0.312 e. The molecule has 5 nitrogen and oxygen atoms in total. The maximum absolute atomic E-state index is 11.9. The summed E-state index contributed by atoms with van der Waals surface area (Å²) in [5, 5.41) is 9.78. The van der Waals surface area contributed by atoms with E-state index in [-0.39, 0.29) is 12.2 Å². The Morgan fingerprint density at radius 1 is 1.52 bits per heavy atom. The number of hydrogen-bond acceptors (Lipinski definition) is 4. The van der Waals surface area contributed by atoms with Gasteiger partial charge in [0.1, 0.15) is 11.2 Å². The molecule has 3 rings (SSSR count). The van der Waals surface area contributed by atoms with Gasteiger partial charge < -0.3 is 14.6 Å². The maximum Gasteiger partial charge on any atom is 0.312 e. The molecule has 0 aliphatic carbocycles. The number of hydrogen-bond donors (Lipinski definition) is 1. The zero-order chi connectivity index (χ0) is 15.2. The predicted molar refractivity (Wildman–Crippen MR) is 76.5 cm³/mol. The van der Waals surface area contributed by atoms with Crippen molar-refractivity contribution in [2.45, 2.75) is 51.7 Å². The number of carboxylic acids is 1. The van der Waals surface area contributed by atoms with Gasteiger partial charge in [0.05, 0.1) is 19.3 Å². The molecule has 1 N–H and O–H groups in total. The van der Waals surface area contributed by atoms with Crippen LogP contribution in [0.5, 0.6) is 5.75 Å². The fourth-order valence-corrected chi connectivity index (χ4v) is 3.83. The average molecular weight is 291 g/mol. The topological polar surface area (TPSA) is 68.7 Å². The van der Waals surface area contributed by atoms with Gasteiger partial charge in [0.2, 0.25) is 0 Å². The minimum absolute atomic E-state index is 0.0961. The number of aryl methyl sites for hydroxylation is 1. The minimum Gasteiger partial charge on any atom is -0.496 e. The molecule has 2 bridgehead atoms. The Morgan fingerprint density at radius 3 is 2.81 bits per heavy atom. The van der Waals surface area contributed by atoms with Gasteiger partial charge in [-0.2, -0.15) is 0 Å². The van der Waals surface area contributed by atoms with Crippen LogP contribution in [0.1, 0.15) is 36.1 Å². The molecule has 2 saturated heterocycles. The number of aromatic nitrogens is 1. The number of fused-ring (bicyclic) bond motifs is 2. The van der Waals surface area contributed by atoms with E-state index in [1.54, 1.807) is 13.3 Å². The maximum atomic E-state index is 11.9. The third kappa shape index (κ3) is 2.11. The molecular formula is C16H21NO4. The zero-order valence-electron chi connectivity index (χ0n) is 12.7. The van der Waals surface area contributed by atoms with Crippen LogP contribution in [0.3, 0.4) is 0 Å². The molecule has 1 aromatic heterocycles. The molecule has 0 saturated carbocycles. The van der Waals surface area contributed by atoms with Crippen molar-refractivity contribution in [2.75, 3.05) is 7.11 Å². The predicted octanol–water partition coefficient (Wildman–Crippen LogP) is 2.27. The Kier molecular flexibility index (Phi) is 3.40. The summed E-state index contributed by atoms with van der Waals surface area (Å²) in [5.41, 5.74) is 1.87. The van der Waals surface area contributed by atoms with Crippen LogP contribution >= 0.6 is 0 Å². The van der Waals surface area contributed by atoms with E-state index < -0.39 is 11.4 Å². The molecule has 2 aliphatic heterocycles. The van der Waals surface area contributed by atoms with Crippen LogP contribution in [0.25, 0.3) is 0 Å². The van der Waals surface area contributed by atoms with E-state index in [0.717, 1.165) is 35.4 Å². The van der Waals surface area contributed by atoms with Gasteiger partial charge in [0.15, 0.2) is 0 Å². The monoisotopic (exact) mass is 291 g/mol. The highest BCUT2D eigenvalue weighted by Gasteiger charge is 2.57. The van der Waals surface area contributed by atoms with E-state index in [2.05, 4.69) is 4.98 Å². The Labute approximate surface area is 124 Å². The third-order valence-corrected chi connectivity index (χ3v) is 4.97. The number of carbonyl (C=O) groups is 1. The van der Waals surface area contributed by atoms with Gasteiger partial charge in [-0.05, 0) is 33.1 Å². The molecule has 0 aromatic carbocycles. The molecule has 5 heteroatoms. The first-order valence-electron chi connectivity index (χ1n) is 7.36. The minimum atomic E-state index is -0.832. The van der Waals surface area contributed by atoms with Crippen LogP contribution in [-0.2, 0) is 16.0 Å². The van der Waals surface area contributed by atoms with Crippen LogP contribution in [0.4, 0.5) is 0 Å². The van der Waals surface area contributed by atoms with Gasteiger partial charge in [-0.15, -0.1) is 0 Å². The van der Waals surface area contributed by atoms with E-state index in [4.69, 9.17) is 9.47 Å². The lowest BCUT2D eigenvalue weighted by Gasteiger charge is -2.31. The molecule has 0 radical (unpaired) electrons. The first kappa shape index (κ1) is 14.3. The molecular weight excluding hydrogens is 270 g/mol. The summed E-state index contributed by atoms with van der Waals surface area (Å²) in [7, 11) is 1.63. The largest absolute Gasteiger partial charge is 0.496 e. The van der Waals surface area contributed by atoms with E-state index in [1.807, 2.05) is 13.8 Å². The van der Waals surface area contributed by atoms with Gasteiger partial charge >= 0.3 is 5.97 Å². The molecule has 21 heavy (non-hydrogen) atoms. The quantitative estimate of drug-likeness (QED) is 0.921. The van der Waals surface area contributed by atoms with E-state index in [0.29, 0.717) is 12.8 Å². The van der Waals surface area contributed by atoms with Crippen molar-refractivity contribution in [3.05, 3.63) is 23.0 Å². The summed E-state index contributed by atoms with van der Waals surface area (Å²) in [6, 6.07) is 0. The summed E-state index contributed by atoms with van der Waals surface area (Å²) >= 11 is 0. The number of aliphatic carboxylic acids is 1.